The molecule has 162 valence electrons. The Labute approximate surface area is 185 Å². The minimum atomic E-state index is -2.96. The molecule has 1 aliphatic rings. The van der Waals surface area contributed by atoms with Crippen LogP contribution in [0.25, 0.3) is 0 Å². The number of benzene rings is 1. The Bertz CT molecular complexity index is 1280. The van der Waals surface area contributed by atoms with Crippen LogP contribution in [-0.2, 0) is 0 Å². The van der Waals surface area contributed by atoms with Gasteiger partial charge in [-0.15, -0.1) is 0 Å². The maximum Gasteiger partial charge on any atom is 0.264 e. The number of nitrogens with one attached hydrogen (secondary N) is 2. The predicted octanol–water partition coefficient (Wildman–Crippen LogP) is 4.40. The first-order valence-corrected chi connectivity index (χ1v) is 10.5. The number of nitriles is 1. The molecule has 1 unspecified atom stereocenters. The molecule has 3 aromatic rings. The van der Waals surface area contributed by atoms with Crippen LogP contribution in [0.4, 0.5) is 19.6 Å². The minimum absolute atomic E-state index is 0.0701. The van der Waals surface area contributed by atoms with E-state index in [2.05, 4.69) is 32.3 Å². The Morgan fingerprint density at radius 3 is 2.94 bits per heavy atom. The highest BCUT2D eigenvalue weighted by atomic mass is 32.1. The standard InChI is InChI=1S/C22H17F2N5O2S/c23-20(24)16-9-19(30)26-12-17(16)21(31)28-14-5-3-4-13(8-14)18-6-1-2-7-29(18)22-27-11-15(10-25)32-22/h1-5,8-9,11-12,18,20H,6-7H2,(H,26,30)(H,28,31). The minimum Gasteiger partial charge on any atom is -0.337 e. The van der Waals surface area contributed by atoms with Gasteiger partial charge in [-0.1, -0.05) is 35.6 Å². The van der Waals surface area contributed by atoms with Gasteiger partial charge in [0.2, 0.25) is 5.56 Å². The fourth-order valence-electron chi connectivity index (χ4n) is 3.53. The van der Waals surface area contributed by atoms with E-state index < -0.39 is 23.5 Å². The second-order valence-electron chi connectivity index (χ2n) is 7.04. The molecule has 7 nitrogen and oxygen atoms in total. The number of carbonyl (C=O) groups excluding carboxylic acids is 1. The summed E-state index contributed by atoms with van der Waals surface area (Å²) in [7, 11) is 0. The Balaban J connectivity index is 1.60. The zero-order chi connectivity index (χ0) is 22.7. The number of pyridine rings is 1. The third-order valence-electron chi connectivity index (χ3n) is 5.02. The van der Waals surface area contributed by atoms with Gasteiger partial charge in [0.25, 0.3) is 12.3 Å². The van der Waals surface area contributed by atoms with E-state index >= 15 is 0 Å². The third kappa shape index (κ3) is 4.43. The van der Waals surface area contributed by atoms with E-state index in [0.717, 1.165) is 23.0 Å². The number of alkyl halides is 2. The van der Waals surface area contributed by atoms with Crippen LogP contribution in [0.1, 0.15) is 45.3 Å². The van der Waals surface area contributed by atoms with Gasteiger partial charge in [-0.2, -0.15) is 5.26 Å². The van der Waals surface area contributed by atoms with Crippen LogP contribution in [-0.4, -0.2) is 22.4 Å². The van der Waals surface area contributed by atoms with Gasteiger partial charge in [0, 0.05) is 30.1 Å². The van der Waals surface area contributed by atoms with Gasteiger partial charge in [-0.25, -0.2) is 13.8 Å². The number of aromatic nitrogens is 2. The number of hydrogen-bond donors (Lipinski definition) is 2. The molecule has 0 radical (unpaired) electrons. The van der Waals surface area contributed by atoms with Crippen LogP contribution in [0.3, 0.4) is 0 Å². The lowest BCUT2D eigenvalue weighted by Gasteiger charge is -2.33. The summed E-state index contributed by atoms with van der Waals surface area (Å²) in [6.45, 7) is 0.620. The lowest BCUT2D eigenvalue weighted by molar-refractivity contribution is 0.101. The molecular formula is C22H17F2N5O2S. The van der Waals surface area contributed by atoms with E-state index in [-0.39, 0.29) is 11.6 Å². The van der Waals surface area contributed by atoms with E-state index in [9.17, 15) is 18.4 Å². The van der Waals surface area contributed by atoms with Crippen molar-refractivity contribution < 1.29 is 13.6 Å². The number of anilines is 2. The highest BCUT2D eigenvalue weighted by Gasteiger charge is 2.25. The van der Waals surface area contributed by atoms with Crippen molar-refractivity contribution in [3.63, 3.8) is 0 Å². The van der Waals surface area contributed by atoms with E-state index in [1.165, 1.54) is 17.5 Å². The van der Waals surface area contributed by atoms with Crippen LogP contribution in [0.15, 0.2) is 59.7 Å². The number of amides is 1. The van der Waals surface area contributed by atoms with Crippen molar-refractivity contribution in [1.82, 2.24) is 9.97 Å². The first kappa shape index (κ1) is 21.4. The fraction of sp³-hybridized carbons (Fsp3) is 0.182. The van der Waals surface area contributed by atoms with E-state index in [0.29, 0.717) is 23.5 Å². The number of aromatic amines is 1. The average Bonchev–Trinajstić information content (AvgIpc) is 3.28. The van der Waals surface area contributed by atoms with Gasteiger partial charge in [0.1, 0.15) is 10.9 Å². The lowest BCUT2D eigenvalue weighted by atomic mass is 9.99. The molecule has 1 aliphatic heterocycles. The van der Waals surface area contributed by atoms with Crippen LogP contribution >= 0.6 is 11.3 Å². The van der Waals surface area contributed by atoms with E-state index in [1.807, 2.05) is 12.1 Å². The number of carbonyl (C=O) groups is 1. The van der Waals surface area contributed by atoms with Crippen molar-refractivity contribution in [3.05, 3.63) is 86.8 Å². The van der Waals surface area contributed by atoms with Crippen LogP contribution in [0.5, 0.6) is 0 Å². The van der Waals surface area contributed by atoms with Gasteiger partial charge in [-0.3, -0.25) is 9.59 Å². The Morgan fingerprint density at radius 2 is 2.19 bits per heavy atom. The number of H-pyrrole nitrogens is 1. The molecule has 0 spiro atoms. The molecule has 0 bridgehead atoms. The Morgan fingerprint density at radius 1 is 1.34 bits per heavy atom. The van der Waals surface area contributed by atoms with Crippen LogP contribution in [0.2, 0.25) is 0 Å². The van der Waals surface area contributed by atoms with Crippen molar-refractivity contribution in [2.24, 2.45) is 0 Å². The zero-order valence-corrected chi connectivity index (χ0v) is 17.4. The molecule has 2 N–H and O–H groups in total. The summed E-state index contributed by atoms with van der Waals surface area (Å²) in [5.74, 6) is -0.743. The van der Waals surface area contributed by atoms with E-state index in [1.54, 1.807) is 18.2 Å². The molecule has 0 fully saturated rings. The summed E-state index contributed by atoms with van der Waals surface area (Å²) in [5.41, 5.74) is -0.283. The molecule has 32 heavy (non-hydrogen) atoms. The molecule has 1 amide bonds. The molecule has 0 aliphatic carbocycles. The largest absolute Gasteiger partial charge is 0.337 e. The zero-order valence-electron chi connectivity index (χ0n) is 16.6. The maximum absolute atomic E-state index is 13.3. The Hall–Kier alpha value is -3.84. The topological polar surface area (TPSA) is 102 Å². The van der Waals surface area contributed by atoms with Gasteiger partial charge in [-0.05, 0) is 24.1 Å². The number of rotatable bonds is 5. The lowest BCUT2D eigenvalue weighted by Crippen LogP contribution is -2.31. The molecule has 1 atom stereocenters. The molecule has 4 rings (SSSR count). The molecule has 1 aromatic carbocycles. The number of halogens is 2. The third-order valence-corrected chi connectivity index (χ3v) is 5.96. The normalized spacial score (nSPS) is 15.6. The molecule has 0 saturated carbocycles. The quantitative estimate of drug-likeness (QED) is 0.558. The number of nitrogens with zero attached hydrogens (tertiary/aromatic N) is 3. The summed E-state index contributed by atoms with van der Waals surface area (Å²) < 4.78 is 26.6. The fourth-order valence-corrected chi connectivity index (χ4v) is 4.30. The number of hydrogen-bond acceptors (Lipinski definition) is 6. The van der Waals surface area contributed by atoms with Crippen LogP contribution in [0, 0.1) is 11.3 Å². The second kappa shape index (κ2) is 9.11. The summed E-state index contributed by atoms with van der Waals surface area (Å²) in [5, 5.41) is 12.5. The Kier molecular flexibility index (Phi) is 6.09. The molecule has 0 saturated heterocycles. The van der Waals surface area contributed by atoms with Gasteiger partial charge < -0.3 is 15.2 Å². The highest BCUT2D eigenvalue weighted by molar-refractivity contribution is 7.16. The first-order valence-electron chi connectivity index (χ1n) is 9.66. The van der Waals surface area contributed by atoms with Crippen molar-refractivity contribution in [1.29, 1.82) is 5.26 Å². The van der Waals surface area contributed by atoms with Crippen molar-refractivity contribution in [2.45, 2.75) is 18.9 Å². The number of thiazole rings is 1. The molecule has 3 heterocycles. The van der Waals surface area contributed by atoms with E-state index in [4.69, 9.17) is 5.26 Å². The van der Waals surface area contributed by atoms with Crippen molar-refractivity contribution in [3.8, 4) is 6.07 Å². The highest BCUT2D eigenvalue weighted by Crippen LogP contribution is 2.35. The summed E-state index contributed by atoms with van der Waals surface area (Å²) in [6, 6.07) is 9.87. The molecule has 10 heteroatoms. The predicted molar refractivity (Wildman–Crippen MR) is 117 cm³/mol. The van der Waals surface area contributed by atoms with Gasteiger partial charge in [0.05, 0.1) is 17.8 Å². The first-order chi connectivity index (χ1) is 15.5. The molecule has 2 aromatic heterocycles. The smallest absolute Gasteiger partial charge is 0.264 e. The summed E-state index contributed by atoms with van der Waals surface area (Å²) in [4.78, 5) is 33.2. The average molecular weight is 453 g/mol. The molecular weight excluding hydrogens is 436 g/mol. The second-order valence-corrected chi connectivity index (χ2v) is 8.05. The van der Waals surface area contributed by atoms with Gasteiger partial charge in [0.15, 0.2) is 5.13 Å². The maximum atomic E-state index is 13.3. The van der Waals surface area contributed by atoms with Crippen molar-refractivity contribution in [2.75, 3.05) is 16.8 Å². The monoisotopic (exact) mass is 453 g/mol. The summed E-state index contributed by atoms with van der Waals surface area (Å²) >= 11 is 1.31. The van der Waals surface area contributed by atoms with Gasteiger partial charge >= 0.3 is 0 Å². The van der Waals surface area contributed by atoms with Crippen molar-refractivity contribution >= 4 is 28.1 Å². The SMILES string of the molecule is N#Cc1cnc(N2CC=CCC2c2cccc(NC(=O)c3c[nH]c(=O)cc3C(F)F)c2)s1. The van der Waals surface area contributed by atoms with Crippen LogP contribution < -0.4 is 15.8 Å². The summed E-state index contributed by atoms with van der Waals surface area (Å²) in [6.07, 6.45) is 4.36.